The number of aryl methyl sites for hydroxylation is 1. The fourth-order valence-corrected chi connectivity index (χ4v) is 4.09. The van der Waals surface area contributed by atoms with Gasteiger partial charge in [-0.2, -0.15) is 5.10 Å². The molecule has 5 heterocycles. The van der Waals surface area contributed by atoms with Crippen LogP contribution in [0.4, 0.5) is 0 Å². The van der Waals surface area contributed by atoms with Crippen LogP contribution in [0.25, 0.3) is 22.5 Å². The van der Waals surface area contributed by atoms with Gasteiger partial charge < -0.3 is 14.3 Å². The van der Waals surface area contributed by atoms with Crippen molar-refractivity contribution in [1.29, 1.82) is 0 Å². The summed E-state index contributed by atoms with van der Waals surface area (Å²) >= 11 is 0. The Balaban J connectivity index is 1.40. The molecule has 10 nitrogen and oxygen atoms in total. The zero-order valence-corrected chi connectivity index (χ0v) is 17.1. The van der Waals surface area contributed by atoms with Crippen molar-refractivity contribution in [2.24, 2.45) is 7.05 Å². The summed E-state index contributed by atoms with van der Waals surface area (Å²) < 4.78 is 7.32. The van der Waals surface area contributed by atoms with Crippen LogP contribution in [0.5, 0.6) is 0 Å². The van der Waals surface area contributed by atoms with Crippen LogP contribution in [0, 0.1) is 0 Å². The average Bonchev–Trinajstić information content (AvgIpc) is 3.58. The first kappa shape index (κ1) is 18.4. The smallest absolute Gasteiger partial charge is 0.312 e. The molecular formula is C22H18N8O2. The third-order valence-corrected chi connectivity index (χ3v) is 5.63. The molecule has 0 saturated carbocycles. The van der Waals surface area contributed by atoms with Gasteiger partial charge >= 0.3 is 11.8 Å². The van der Waals surface area contributed by atoms with E-state index in [1.807, 2.05) is 36.4 Å². The van der Waals surface area contributed by atoms with E-state index in [0.717, 1.165) is 28.0 Å². The van der Waals surface area contributed by atoms with Crippen LogP contribution in [-0.4, -0.2) is 52.3 Å². The number of para-hydroxylation sites is 1. The molecule has 0 bridgehead atoms. The second-order valence-corrected chi connectivity index (χ2v) is 7.63. The highest BCUT2D eigenvalue weighted by molar-refractivity contribution is 5.90. The molecule has 0 aliphatic carbocycles. The summed E-state index contributed by atoms with van der Waals surface area (Å²) in [7, 11) is 1.79. The van der Waals surface area contributed by atoms with Crippen LogP contribution in [0.1, 0.15) is 33.8 Å². The lowest BCUT2D eigenvalue weighted by molar-refractivity contribution is 0.0647. The zero-order valence-electron chi connectivity index (χ0n) is 17.1. The molecule has 6 rings (SSSR count). The molecule has 1 N–H and O–H groups in total. The molecule has 0 radical (unpaired) electrons. The summed E-state index contributed by atoms with van der Waals surface area (Å²) in [6.07, 6.45) is 4.07. The molecule has 0 spiro atoms. The second-order valence-electron chi connectivity index (χ2n) is 7.63. The quantitative estimate of drug-likeness (QED) is 0.471. The molecule has 10 heteroatoms. The number of fused-ring (bicyclic) bond motifs is 2. The van der Waals surface area contributed by atoms with E-state index in [9.17, 15) is 4.79 Å². The Hall–Kier alpha value is -4.34. The summed E-state index contributed by atoms with van der Waals surface area (Å²) in [5.41, 5.74) is 3.87. The summed E-state index contributed by atoms with van der Waals surface area (Å²) in [6, 6.07) is 13.1. The number of pyridine rings is 1. The Morgan fingerprint density at radius 1 is 1.16 bits per heavy atom. The number of H-pyrrole nitrogens is 1. The van der Waals surface area contributed by atoms with E-state index in [1.165, 1.54) is 0 Å². The molecule has 1 aliphatic heterocycles. The van der Waals surface area contributed by atoms with Crippen LogP contribution in [0.3, 0.4) is 0 Å². The van der Waals surface area contributed by atoms with Gasteiger partial charge in [0.15, 0.2) is 0 Å². The van der Waals surface area contributed by atoms with Gasteiger partial charge in [0.25, 0.3) is 5.89 Å². The number of nitrogens with one attached hydrogen (secondary N) is 1. The standard InChI is InChI=1S/C22H18N8O2/c1-29-10-8-17(28-29)20-26-27-21(32-20)22(31)30-11-9-15-18(24-12-23-15)19(30)16-7-6-13-4-2-3-5-14(13)25-16/h2-8,10,12,19H,9,11H2,1H3,(H,23,24)/t19-/m0/s1. The highest BCUT2D eigenvalue weighted by atomic mass is 16.4. The summed E-state index contributed by atoms with van der Waals surface area (Å²) in [6.45, 7) is 0.467. The predicted molar refractivity (Wildman–Crippen MR) is 113 cm³/mol. The third-order valence-electron chi connectivity index (χ3n) is 5.63. The van der Waals surface area contributed by atoms with E-state index in [4.69, 9.17) is 9.40 Å². The van der Waals surface area contributed by atoms with Gasteiger partial charge in [-0.1, -0.05) is 24.3 Å². The molecule has 0 unspecified atom stereocenters. The maximum atomic E-state index is 13.5. The van der Waals surface area contributed by atoms with Crippen molar-refractivity contribution < 1.29 is 9.21 Å². The van der Waals surface area contributed by atoms with Crippen molar-refractivity contribution >= 4 is 16.8 Å². The SMILES string of the molecule is Cn1ccc(-c2nnc(C(=O)N3CCc4[nH]cnc4[C@@H]3c3ccc4ccccc4n3)o2)n1. The first-order chi connectivity index (χ1) is 15.7. The highest BCUT2D eigenvalue weighted by Crippen LogP contribution is 2.34. The van der Waals surface area contributed by atoms with E-state index in [1.54, 1.807) is 35.2 Å². The maximum Gasteiger partial charge on any atom is 0.312 e. The Bertz CT molecular complexity index is 1450. The monoisotopic (exact) mass is 426 g/mol. The molecule has 5 aromatic rings. The van der Waals surface area contributed by atoms with Gasteiger partial charge in [-0.05, 0) is 18.2 Å². The van der Waals surface area contributed by atoms with Crippen LogP contribution in [0.15, 0.2) is 59.4 Å². The number of carbonyl (C=O) groups is 1. The van der Waals surface area contributed by atoms with Crippen LogP contribution >= 0.6 is 0 Å². The number of carbonyl (C=O) groups excluding carboxylic acids is 1. The number of nitrogens with zero attached hydrogens (tertiary/aromatic N) is 7. The highest BCUT2D eigenvalue weighted by Gasteiger charge is 2.37. The van der Waals surface area contributed by atoms with Crippen molar-refractivity contribution in [2.75, 3.05) is 6.54 Å². The second kappa shape index (κ2) is 7.12. The number of aromatic nitrogens is 7. The number of amides is 1. The van der Waals surface area contributed by atoms with E-state index >= 15 is 0 Å². The lowest BCUT2D eigenvalue weighted by atomic mass is 9.98. The van der Waals surface area contributed by atoms with Crippen LogP contribution in [0.2, 0.25) is 0 Å². The van der Waals surface area contributed by atoms with E-state index in [0.29, 0.717) is 18.7 Å². The third kappa shape index (κ3) is 2.96. The minimum Gasteiger partial charge on any atom is -0.411 e. The largest absolute Gasteiger partial charge is 0.411 e. The van der Waals surface area contributed by atoms with Crippen molar-refractivity contribution in [2.45, 2.75) is 12.5 Å². The number of rotatable bonds is 3. The van der Waals surface area contributed by atoms with Crippen molar-refractivity contribution in [3.05, 3.63) is 78.0 Å². The molecule has 0 saturated heterocycles. The number of imidazole rings is 1. The van der Waals surface area contributed by atoms with Gasteiger partial charge in [0.05, 0.1) is 23.2 Å². The minimum atomic E-state index is -0.465. The molecule has 1 aromatic carbocycles. The van der Waals surface area contributed by atoms with Crippen LogP contribution < -0.4 is 0 Å². The Morgan fingerprint density at radius 3 is 2.94 bits per heavy atom. The van der Waals surface area contributed by atoms with Crippen molar-refractivity contribution in [3.63, 3.8) is 0 Å². The number of aromatic amines is 1. The lowest BCUT2D eigenvalue weighted by Gasteiger charge is -2.33. The van der Waals surface area contributed by atoms with Gasteiger partial charge in [0, 0.05) is 37.3 Å². The summed E-state index contributed by atoms with van der Waals surface area (Å²) in [5.74, 6) is -0.254. The Labute approximate surface area is 181 Å². The van der Waals surface area contributed by atoms with Crippen molar-refractivity contribution in [3.8, 4) is 11.6 Å². The van der Waals surface area contributed by atoms with Gasteiger partial charge in [-0.3, -0.25) is 14.5 Å². The number of benzene rings is 1. The fourth-order valence-electron chi connectivity index (χ4n) is 4.09. The minimum absolute atomic E-state index is 0.0876. The first-order valence-electron chi connectivity index (χ1n) is 10.2. The van der Waals surface area contributed by atoms with Gasteiger partial charge in [0.2, 0.25) is 0 Å². The van der Waals surface area contributed by atoms with E-state index < -0.39 is 6.04 Å². The molecule has 1 aliphatic rings. The van der Waals surface area contributed by atoms with Gasteiger partial charge in [-0.25, -0.2) is 4.98 Å². The predicted octanol–water partition coefficient (Wildman–Crippen LogP) is 2.53. The normalized spacial score (nSPS) is 15.8. The summed E-state index contributed by atoms with van der Waals surface area (Å²) in [5, 5.41) is 13.3. The molecule has 1 atom stereocenters. The molecule has 158 valence electrons. The molecular weight excluding hydrogens is 408 g/mol. The lowest BCUT2D eigenvalue weighted by Crippen LogP contribution is -2.41. The molecule has 1 amide bonds. The van der Waals surface area contributed by atoms with Crippen molar-refractivity contribution in [1.82, 2.24) is 39.8 Å². The van der Waals surface area contributed by atoms with Gasteiger partial charge in [0.1, 0.15) is 11.7 Å². The summed E-state index contributed by atoms with van der Waals surface area (Å²) in [4.78, 5) is 27.7. The number of hydrogen-bond acceptors (Lipinski definition) is 7. The molecule has 32 heavy (non-hydrogen) atoms. The molecule has 0 fully saturated rings. The topological polar surface area (TPSA) is 119 Å². The Kier molecular flexibility index (Phi) is 4.10. The molecule has 4 aromatic heterocycles. The van der Waals surface area contributed by atoms with E-state index in [-0.39, 0.29) is 17.7 Å². The Morgan fingerprint density at radius 2 is 2.06 bits per heavy atom. The van der Waals surface area contributed by atoms with Crippen LogP contribution in [-0.2, 0) is 13.5 Å². The first-order valence-corrected chi connectivity index (χ1v) is 10.2. The zero-order chi connectivity index (χ0) is 21.7. The van der Waals surface area contributed by atoms with E-state index in [2.05, 4.69) is 25.3 Å². The van der Waals surface area contributed by atoms with Gasteiger partial charge in [-0.15, -0.1) is 10.2 Å². The fraction of sp³-hybridized carbons (Fsp3) is 0.182. The number of hydrogen-bond donors (Lipinski definition) is 1. The average molecular weight is 426 g/mol. The maximum absolute atomic E-state index is 13.5.